The average Bonchev–Trinajstić information content (AvgIpc) is 2.71. The molecule has 0 N–H and O–H groups in total. The van der Waals surface area contributed by atoms with Crippen molar-refractivity contribution in [2.45, 2.75) is 18.9 Å². The van der Waals surface area contributed by atoms with Gasteiger partial charge in [-0.1, -0.05) is 24.3 Å². The van der Waals surface area contributed by atoms with Crippen molar-refractivity contribution in [2.75, 3.05) is 19.6 Å². The number of likely N-dealkylation sites (tertiary alicyclic amines) is 1. The maximum Gasteiger partial charge on any atom is 0.250 e. The quantitative estimate of drug-likeness (QED) is 0.687. The van der Waals surface area contributed by atoms with Gasteiger partial charge in [0.25, 0.3) is 5.56 Å². The van der Waals surface area contributed by atoms with E-state index in [1.54, 1.807) is 30.4 Å². The van der Waals surface area contributed by atoms with E-state index in [4.69, 9.17) is 12.2 Å². The molecule has 0 saturated carbocycles. The molecule has 8 heteroatoms. The summed E-state index contributed by atoms with van der Waals surface area (Å²) < 4.78 is 1.84. The fourth-order valence-corrected chi connectivity index (χ4v) is 5.02. The van der Waals surface area contributed by atoms with Gasteiger partial charge in [-0.05, 0) is 36.7 Å². The van der Waals surface area contributed by atoms with Gasteiger partial charge in [-0.3, -0.25) is 19.3 Å². The van der Waals surface area contributed by atoms with Crippen LogP contribution in [0.4, 0.5) is 0 Å². The summed E-state index contributed by atoms with van der Waals surface area (Å²) in [5.41, 5.74) is 1.63. The van der Waals surface area contributed by atoms with Crippen LogP contribution in [0, 0.1) is 11.8 Å². The average molecular weight is 408 g/mol. The van der Waals surface area contributed by atoms with Crippen molar-refractivity contribution >= 4 is 34.9 Å². The van der Waals surface area contributed by atoms with Crippen LogP contribution in [0.1, 0.15) is 18.0 Å². The molecule has 3 atom stereocenters. The van der Waals surface area contributed by atoms with Gasteiger partial charge in [0.2, 0.25) is 16.9 Å². The zero-order chi connectivity index (χ0) is 20.1. The summed E-state index contributed by atoms with van der Waals surface area (Å²) in [5, 5.41) is 0.142. The van der Waals surface area contributed by atoms with Gasteiger partial charge in [-0.2, -0.15) is 0 Å². The van der Waals surface area contributed by atoms with E-state index in [-0.39, 0.29) is 40.9 Å². The predicted octanol–water partition coefficient (Wildman–Crippen LogP) is 1.10. The summed E-state index contributed by atoms with van der Waals surface area (Å²) in [5.74, 6) is -0.427. The number of hydrogen-bond acceptors (Lipinski definition) is 4. The number of aliphatic imine (C=N–C) groups is 1. The predicted molar refractivity (Wildman–Crippen MR) is 112 cm³/mol. The fraction of sp³-hybridized carbons (Fsp3) is 0.381. The van der Waals surface area contributed by atoms with Gasteiger partial charge in [0, 0.05) is 37.3 Å². The molecule has 2 amide bonds. The number of aromatic nitrogens is 1. The minimum atomic E-state index is -0.473. The Bertz CT molecular complexity index is 1070. The minimum Gasteiger partial charge on any atom is -0.340 e. The van der Waals surface area contributed by atoms with Crippen molar-refractivity contribution in [1.82, 2.24) is 14.4 Å². The van der Waals surface area contributed by atoms with Crippen molar-refractivity contribution in [3.8, 4) is 0 Å². The van der Waals surface area contributed by atoms with Gasteiger partial charge in [0.15, 0.2) is 0 Å². The van der Waals surface area contributed by atoms with E-state index in [9.17, 15) is 14.4 Å². The highest BCUT2D eigenvalue weighted by molar-refractivity contribution is 7.80. The molecule has 3 unspecified atom stereocenters. The lowest BCUT2D eigenvalue weighted by Crippen LogP contribution is -2.54. The van der Waals surface area contributed by atoms with Crippen LogP contribution >= 0.6 is 12.2 Å². The standard InChI is InChI=1S/C21H20N4O3S/c26-18-7-3-6-17-14-8-13(10-24(17)18)9-23(11-14)19(27)12-25-20(28)15-4-1-2-5-16(15)22-21(25)29/h1-7,13-15H,8-12H2. The summed E-state index contributed by atoms with van der Waals surface area (Å²) in [6.45, 7) is 1.67. The third kappa shape index (κ3) is 3.07. The number of pyridine rings is 1. The van der Waals surface area contributed by atoms with Gasteiger partial charge < -0.3 is 9.47 Å². The number of thiocarbonyl (C=S) groups is 1. The van der Waals surface area contributed by atoms with Gasteiger partial charge in [0.05, 0.1) is 11.6 Å². The van der Waals surface area contributed by atoms with Crippen LogP contribution in [-0.4, -0.2) is 56.6 Å². The number of allylic oxidation sites excluding steroid dienone is 3. The number of amides is 2. The highest BCUT2D eigenvalue weighted by Crippen LogP contribution is 2.35. The van der Waals surface area contributed by atoms with Crippen LogP contribution in [0.2, 0.25) is 0 Å². The smallest absolute Gasteiger partial charge is 0.250 e. The topological polar surface area (TPSA) is 75.0 Å². The summed E-state index contributed by atoms with van der Waals surface area (Å²) in [7, 11) is 0. The SMILES string of the molecule is O=C(CN1C(=O)C2C=CC=CC2=NC1=S)N1CC2CC(C1)c1cccc(=O)n1C2. The molecule has 1 saturated heterocycles. The second kappa shape index (κ2) is 6.88. The molecule has 1 aromatic rings. The van der Waals surface area contributed by atoms with E-state index in [0.717, 1.165) is 12.1 Å². The number of fused-ring (bicyclic) bond motifs is 5. The Balaban J connectivity index is 1.34. The second-order valence-corrected chi connectivity index (χ2v) is 8.33. The van der Waals surface area contributed by atoms with Crippen molar-refractivity contribution < 1.29 is 9.59 Å². The molecule has 3 aliphatic heterocycles. The first-order chi connectivity index (χ1) is 14.0. The molecule has 2 bridgehead atoms. The Labute approximate surface area is 173 Å². The molecule has 4 heterocycles. The maximum absolute atomic E-state index is 13.1. The largest absolute Gasteiger partial charge is 0.340 e. The van der Waals surface area contributed by atoms with Gasteiger partial charge >= 0.3 is 0 Å². The summed E-state index contributed by atoms with van der Waals surface area (Å²) in [4.78, 5) is 45.5. The number of piperidine rings is 1. The van der Waals surface area contributed by atoms with Gasteiger partial charge in [-0.25, -0.2) is 4.99 Å². The van der Waals surface area contributed by atoms with Crippen LogP contribution in [-0.2, 0) is 16.1 Å². The number of rotatable bonds is 2. The van der Waals surface area contributed by atoms with Crippen molar-refractivity contribution in [1.29, 1.82) is 0 Å². The van der Waals surface area contributed by atoms with Crippen LogP contribution < -0.4 is 5.56 Å². The van der Waals surface area contributed by atoms with Crippen molar-refractivity contribution in [2.24, 2.45) is 16.8 Å². The first-order valence-corrected chi connectivity index (χ1v) is 10.2. The van der Waals surface area contributed by atoms with E-state index in [1.165, 1.54) is 4.90 Å². The molecule has 29 heavy (non-hydrogen) atoms. The lowest BCUT2D eigenvalue weighted by atomic mass is 9.83. The minimum absolute atomic E-state index is 0.0180. The number of hydrogen-bond donors (Lipinski definition) is 0. The van der Waals surface area contributed by atoms with E-state index >= 15 is 0 Å². The van der Waals surface area contributed by atoms with E-state index < -0.39 is 5.92 Å². The van der Waals surface area contributed by atoms with Crippen molar-refractivity contribution in [3.63, 3.8) is 0 Å². The Kier molecular flexibility index (Phi) is 4.31. The van der Waals surface area contributed by atoms with Crippen LogP contribution in [0.25, 0.3) is 0 Å². The molecule has 1 aromatic heterocycles. The van der Waals surface area contributed by atoms with Crippen molar-refractivity contribution in [3.05, 3.63) is 58.6 Å². The molecule has 1 aliphatic carbocycles. The first-order valence-electron chi connectivity index (χ1n) is 9.77. The molecule has 0 aromatic carbocycles. The Morgan fingerprint density at radius 3 is 2.90 bits per heavy atom. The van der Waals surface area contributed by atoms with Crippen LogP contribution in [0.5, 0.6) is 0 Å². The maximum atomic E-state index is 13.1. The summed E-state index contributed by atoms with van der Waals surface area (Å²) in [6.07, 6.45) is 8.16. The molecular formula is C21H20N4O3S. The van der Waals surface area contributed by atoms with Gasteiger partial charge in [0.1, 0.15) is 6.54 Å². The third-order valence-electron chi connectivity index (χ3n) is 6.11. The Morgan fingerprint density at radius 2 is 2.03 bits per heavy atom. The van der Waals surface area contributed by atoms with Gasteiger partial charge in [-0.15, -0.1) is 0 Å². The lowest BCUT2D eigenvalue weighted by molar-refractivity contribution is -0.139. The molecule has 4 aliphatic rings. The molecule has 0 spiro atoms. The van der Waals surface area contributed by atoms with Crippen LogP contribution in [0.15, 0.2) is 52.3 Å². The molecule has 5 rings (SSSR count). The van der Waals surface area contributed by atoms with E-state index in [1.807, 2.05) is 21.6 Å². The van der Waals surface area contributed by atoms with E-state index in [2.05, 4.69) is 4.99 Å². The normalized spacial score (nSPS) is 27.4. The molecule has 1 fully saturated rings. The number of carbonyl (C=O) groups excluding carboxylic acids is 2. The highest BCUT2D eigenvalue weighted by Gasteiger charge is 2.39. The summed E-state index contributed by atoms with van der Waals surface area (Å²) in [6, 6.07) is 5.33. The second-order valence-electron chi connectivity index (χ2n) is 7.96. The third-order valence-corrected chi connectivity index (χ3v) is 6.43. The van der Waals surface area contributed by atoms with E-state index in [0.29, 0.717) is 25.3 Å². The Morgan fingerprint density at radius 1 is 1.17 bits per heavy atom. The zero-order valence-corrected chi connectivity index (χ0v) is 16.5. The first kappa shape index (κ1) is 18.2. The lowest BCUT2D eigenvalue weighted by Gasteiger charge is -2.43. The molecule has 7 nitrogen and oxygen atoms in total. The highest BCUT2D eigenvalue weighted by atomic mass is 32.1. The fourth-order valence-electron chi connectivity index (χ4n) is 4.76. The molecule has 148 valence electrons. The molecular weight excluding hydrogens is 388 g/mol. The Hall–Kier alpha value is -2.87. The number of nitrogens with zero attached hydrogens (tertiary/aromatic N) is 4. The van der Waals surface area contributed by atoms with Crippen LogP contribution in [0.3, 0.4) is 0 Å². The monoisotopic (exact) mass is 408 g/mol. The summed E-state index contributed by atoms with van der Waals surface area (Å²) >= 11 is 5.29. The number of carbonyl (C=O) groups is 2. The zero-order valence-electron chi connectivity index (χ0n) is 15.7. The molecule has 0 radical (unpaired) electrons.